The molecule has 0 bridgehead atoms. The van der Waals surface area contributed by atoms with Gasteiger partial charge in [-0.3, -0.25) is 10.1 Å². The quantitative estimate of drug-likeness (QED) is 0.761. The molecule has 22 heavy (non-hydrogen) atoms. The maximum atomic E-state index is 12.7. The summed E-state index contributed by atoms with van der Waals surface area (Å²) in [5, 5.41) is 9.11. The van der Waals surface area contributed by atoms with Gasteiger partial charge in [0, 0.05) is 11.1 Å². The molecule has 108 valence electrons. The number of para-hydroxylation sites is 2. The maximum Gasteiger partial charge on any atom is 0.239 e. The first-order valence-electron chi connectivity index (χ1n) is 6.85. The number of hydrogen-bond acceptors (Lipinski definition) is 4. The van der Waals surface area contributed by atoms with E-state index in [4.69, 9.17) is 4.74 Å². The van der Waals surface area contributed by atoms with Crippen molar-refractivity contribution in [1.29, 1.82) is 0 Å². The molecule has 2 N–H and O–H groups in total. The second-order valence-corrected chi connectivity index (χ2v) is 4.93. The standard InChI is InChI=1S/C16H12N4O2/c21-15(19-16-17-9-18-20-16)14-10-5-1-3-7-12(10)22-13-8-4-2-6-11(13)14/h1-9,14H,(H2,17,18,19,20,21). The predicted octanol–water partition coefficient (Wildman–Crippen LogP) is 2.68. The van der Waals surface area contributed by atoms with E-state index < -0.39 is 5.92 Å². The van der Waals surface area contributed by atoms with Crippen LogP contribution in [0.15, 0.2) is 54.9 Å². The van der Waals surface area contributed by atoms with Crippen molar-refractivity contribution in [2.75, 3.05) is 5.32 Å². The Morgan fingerprint density at radius 3 is 2.27 bits per heavy atom. The molecule has 0 saturated heterocycles. The van der Waals surface area contributed by atoms with E-state index in [-0.39, 0.29) is 5.91 Å². The molecule has 2 aromatic carbocycles. The normalized spacial score (nSPS) is 12.9. The van der Waals surface area contributed by atoms with Crippen molar-refractivity contribution >= 4 is 11.9 Å². The lowest BCUT2D eigenvalue weighted by Crippen LogP contribution is -2.25. The van der Waals surface area contributed by atoms with E-state index in [9.17, 15) is 4.79 Å². The molecule has 6 heteroatoms. The average Bonchev–Trinajstić information content (AvgIpc) is 3.05. The van der Waals surface area contributed by atoms with Crippen LogP contribution in [0.1, 0.15) is 17.0 Å². The molecule has 4 rings (SSSR count). The summed E-state index contributed by atoms with van der Waals surface area (Å²) < 4.78 is 5.88. The summed E-state index contributed by atoms with van der Waals surface area (Å²) in [5.74, 6) is 1.08. The van der Waals surface area contributed by atoms with Crippen LogP contribution in [0.4, 0.5) is 5.95 Å². The van der Waals surface area contributed by atoms with Crippen molar-refractivity contribution in [3.05, 3.63) is 66.0 Å². The molecule has 0 atom stereocenters. The Bertz CT molecular complexity index is 784. The molecule has 3 aromatic rings. The third kappa shape index (κ3) is 2.01. The molecule has 0 unspecified atom stereocenters. The summed E-state index contributed by atoms with van der Waals surface area (Å²) in [7, 11) is 0. The lowest BCUT2D eigenvalue weighted by atomic mass is 9.87. The van der Waals surface area contributed by atoms with Gasteiger partial charge in [-0.2, -0.15) is 10.1 Å². The van der Waals surface area contributed by atoms with E-state index in [1.165, 1.54) is 6.33 Å². The fraction of sp³-hybridized carbons (Fsp3) is 0.0625. The average molecular weight is 292 g/mol. The number of aromatic nitrogens is 3. The number of nitrogens with zero attached hydrogens (tertiary/aromatic N) is 2. The summed E-state index contributed by atoms with van der Waals surface area (Å²) in [6.07, 6.45) is 1.35. The van der Waals surface area contributed by atoms with E-state index in [0.717, 1.165) is 11.1 Å². The van der Waals surface area contributed by atoms with Gasteiger partial charge in [-0.1, -0.05) is 36.4 Å². The molecule has 0 saturated carbocycles. The number of hydrogen-bond donors (Lipinski definition) is 2. The van der Waals surface area contributed by atoms with Gasteiger partial charge in [-0.25, -0.2) is 5.10 Å². The van der Waals surface area contributed by atoms with Crippen LogP contribution >= 0.6 is 0 Å². The number of nitrogens with one attached hydrogen (secondary N) is 2. The Kier molecular flexibility index (Phi) is 2.86. The van der Waals surface area contributed by atoms with Crippen molar-refractivity contribution in [2.24, 2.45) is 0 Å². The zero-order valence-corrected chi connectivity index (χ0v) is 11.5. The Morgan fingerprint density at radius 1 is 1.05 bits per heavy atom. The van der Waals surface area contributed by atoms with Crippen LogP contribution in [0.25, 0.3) is 0 Å². The van der Waals surface area contributed by atoms with E-state index >= 15 is 0 Å². The van der Waals surface area contributed by atoms with Gasteiger partial charge in [0.2, 0.25) is 11.9 Å². The summed E-state index contributed by atoms with van der Waals surface area (Å²) in [4.78, 5) is 16.7. The molecule has 6 nitrogen and oxygen atoms in total. The summed E-state index contributed by atoms with van der Waals surface area (Å²) >= 11 is 0. The lowest BCUT2D eigenvalue weighted by Gasteiger charge is -2.27. The number of aromatic amines is 1. The second-order valence-electron chi connectivity index (χ2n) is 4.93. The van der Waals surface area contributed by atoms with Gasteiger partial charge < -0.3 is 4.74 Å². The fourth-order valence-electron chi connectivity index (χ4n) is 2.65. The van der Waals surface area contributed by atoms with Crippen LogP contribution in [-0.2, 0) is 4.79 Å². The number of benzene rings is 2. The number of carbonyl (C=O) groups is 1. The Labute approximate surface area is 126 Å². The number of amides is 1. The minimum absolute atomic E-state index is 0.181. The number of ether oxygens (including phenoxy) is 1. The highest BCUT2D eigenvalue weighted by molar-refractivity contribution is 5.98. The Balaban J connectivity index is 1.79. The van der Waals surface area contributed by atoms with Crippen molar-refractivity contribution in [3.63, 3.8) is 0 Å². The largest absolute Gasteiger partial charge is 0.457 e. The summed E-state index contributed by atoms with van der Waals surface area (Å²) in [5.41, 5.74) is 1.66. The van der Waals surface area contributed by atoms with E-state index in [2.05, 4.69) is 20.5 Å². The van der Waals surface area contributed by atoms with E-state index in [1.54, 1.807) is 0 Å². The first kappa shape index (κ1) is 12.6. The van der Waals surface area contributed by atoms with Crippen LogP contribution in [-0.4, -0.2) is 21.1 Å². The van der Waals surface area contributed by atoms with Gasteiger partial charge in [-0.15, -0.1) is 0 Å². The van der Waals surface area contributed by atoms with Crippen LogP contribution in [0, 0.1) is 0 Å². The molecule has 1 amide bonds. The summed E-state index contributed by atoms with van der Waals surface area (Å²) in [6, 6.07) is 15.1. The van der Waals surface area contributed by atoms with Crippen LogP contribution < -0.4 is 10.1 Å². The highest BCUT2D eigenvalue weighted by Crippen LogP contribution is 2.44. The third-order valence-electron chi connectivity index (χ3n) is 3.60. The molecule has 0 spiro atoms. The topological polar surface area (TPSA) is 79.9 Å². The number of fused-ring (bicyclic) bond motifs is 2. The molecule has 0 fully saturated rings. The Hall–Kier alpha value is -3.15. The number of H-pyrrole nitrogens is 1. The van der Waals surface area contributed by atoms with E-state index in [1.807, 2.05) is 48.5 Å². The molecular formula is C16H12N4O2. The highest BCUT2D eigenvalue weighted by Gasteiger charge is 2.32. The molecule has 1 aliphatic heterocycles. The Morgan fingerprint density at radius 2 is 1.68 bits per heavy atom. The van der Waals surface area contributed by atoms with Gasteiger partial charge in [0.15, 0.2) is 0 Å². The second kappa shape index (κ2) is 5.00. The fourth-order valence-corrected chi connectivity index (χ4v) is 2.65. The zero-order valence-electron chi connectivity index (χ0n) is 11.5. The number of rotatable bonds is 2. The van der Waals surface area contributed by atoms with Crippen molar-refractivity contribution < 1.29 is 9.53 Å². The number of carbonyl (C=O) groups excluding carboxylic acids is 1. The zero-order chi connectivity index (χ0) is 14.9. The predicted molar refractivity (Wildman–Crippen MR) is 79.8 cm³/mol. The van der Waals surface area contributed by atoms with Gasteiger partial charge in [0.25, 0.3) is 0 Å². The van der Waals surface area contributed by atoms with Gasteiger partial charge in [-0.05, 0) is 12.1 Å². The van der Waals surface area contributed by atoms with E-state index in [0.29, 0.717) is 17.4 Å². The molecule has 1 aromatic heterocycles. The van der Waals surface area contributed by atoms with Crippen molar-refractivity contribution in [2.45, 2.75) is 5.92 Å². The third-order valence-corrected chi connectivity index (χ3v) is 3.60. The lowest BCUT2D eigenvalue weighted by molar-refractivity contribution is -0.116. The van der Waals surface area contributed by atoms with Crippen molar-refractivity contribution in [1.82, 2.24) is 15.2 Å². The SMILES string of the molecule is O=C(Nc1ncn[nH]1)C1c2ccccc2Oc2ccccc21. The molecular weight excluding hydrogens is 280 g/mol. The highest BCUT2D eigenvalue weighted by atomic mass is 16.5. The first-order valence-corrected chi connectivity index (χ1v) is 6.85. The smallest absolute Gasteiger partial charge is 0.239 e. The molecule has 0 aliphatic carbocycles. The molecule has 1 aliphatic rings. The monoisotopic (exact) mass is 292 g/mol. The molecule has 2 heterocycles. The van der Waals surface area contributed by atoms with Crippen LogP contribution in [0.2, 0.25) is 0 Å². The first-order chi connectivity index (χ1) is 10.8. The number of anilines is 1. The molecule has 0 radical (unpaired) electrons. The van der Waals surface area contributed by atoms with Crippen molar-refractivity contribution in [3.8, 4) is 11.5 Å². The van der Waals surface area contributed by atoms with Crippen LogP contribution in [0.3, 0.4) is 0 Å². The van der Waals surface area contributed by atoms with Gasteiger partial charge in [0.05, 0.1) is 5.92 Å². The van der Waals surface area contributed by atoms with Gasteiger partial charge in [0.1, 0.15) is 17.8 Å². The minimum Gasteiger partial charge on any atom is -0.457 e. The maximum absolute atomic E-state index is 12.7. The minimum atomic E-state index is -0.453. The van der Waals surface area contributed by atoms with Crippen LogP contribution in [0.5, 0.6) is 11.5 Å². The van der Waals surface area contributed by atoms with Gasteiger partial charge >= 0.3 is 0 Å². The summed E-state index contributed by atoms with van der Waals surface area (Å²) in [6.45, 7) is 0.